The zero-order valence-corrected chi connectivity index (χ0v) is 12.6. The highest BCUT2D eigenvalue weighted by Crippen LogP contribution is 2.24. The van der Waals surface area contributed by atoms with E-state index in [-0.39, 0.29) is 12.1 Å². The standard InChI is InChI=1S/C15H19ClN2O3/c16-13-3-1-12(2-4-13)14-11-18(7-10-21-14)15(19)17-5-8-20-9-6-17/h1-4,14H,5-11H2. The summed E-state index contributed by atoms with van der Waals surface area (Å²) in [4.78, 5) is 16.2. The first-order chi connectivity index (χ1) is 10.2. The molecule has 0 aliphatic carbocycles. The van der Waals surface area contributed by atoms with Gasteiger partial charge < -0.3 is 19.3 Å². The van der Waals surface area contributed by atoms with E-state index in [9.17, 15) is 4.79 Å². The van der Waals surface area contributed by atoms with Gasteiger partial charge in [-0.05, 0) is 17.7 Å². The summed E-state index contributed by atoms with van der Waals surface area (Å²) in [6.45, 7) is 4.36. The first-order valence-corrected chi connectivity index (χ1v) is 7.60. The van der Waals surface area contributed by atoms with Gasteiger partial charge in [0.05, 0.1) is 26.4 Å². The van der Waals surface area contributed by atoms with E-state index in [1.54, 1.807) is 0 Å². The van der Waals surface area contributed by atoms with Crippen molar-refractivity contribution in [3.63, 3.8) is 0 Å². The number of amides is 2. The van der Waals surface area contributed by atoms with E-state index in [0.717, 1.165) is 5.56 Å². The van der Waals surface area contributed by atoms with Gasteiger partial charge in [-0.25, -0.2) is 4.79 Å². The van der Waals surface area contributed by atoms with Gasteiger partial charge in [0.1, 0.15) is 6.10 Å². The Hall–Kier alpha value is -1.30. The van der Waals surface area contributed by atoms with E-state index >= 15 is 0 Å². The first-order valence-electron chi connectivity index (χ1n) is 7.23. The van der Waals surface area contributed by atoms with Gasteiger partial charge in [0, 0.05) is 24.7 Å². The average Bonchev–Trinajstić information content (AvgIpc) is 2.56. The van der Waals surface area contributed by atoms with Gasteiger partial charge in [0.2, 0.25) is 0 Å². The number of carbonyl (C=O) groups excluding carboxylic acids is 1. The molecular weight excluding hydrogens is 292 g/mol. The first kappa shape index (κ1) is 14.6. The van der Waals surface area contributed by atoms with Crippen molar-refractivity contribution in [3.05, 3.63) is 34.9 Å². The molecule has 21 heavy (non-hydrogen) atoms. The highest BCUT2D eigenvalue weighted by molar-refractivity contribution is 6.30. The predicted molar refractivity (Wildman–Crippen MR) is 79.5 cm³/mol. The van der Waals surface area contributed by atoms with Crippen LogP contribution in [0.3, 0.4) is 0 Å². The Morgan fingerprint density at radius 1 is 1.05 bits per heavy atom. The van der Waals surface area contributed by atoms with Crippen molar-refractivity contribution < 1.29 is 14.3 Å². The highest BCUT2D eigenvalue weighted by atomic mass is 35.5. The number of benzene rings is 1. The fourth-order valence-corrected chi connectivity index (χ4v) is 2.78. The summed E-state index contributed by atoms with van der Waals surface area (Å²) in [5.41, 5.74) is 1.05. The molecule has 0 N–H and O–H groups in total. The smallest absolute Gasteiger partial charge is 0.320 e. The number of hydrogen-bond donors (Lipinski definition) is 0. The van der Waals surface area contributed by atoms with Crippen molar-refractivity contribution in [2.45, 2.75) is 6.10 Å². The lowest BCUT2D eigenvalue weighted by molar-refractivity contribution is -0.0265. The van der Waals surface area contributed by atoms with E-state index in [4.69, 9.17) is 21.1 Å². The second kappa shape index (κ2) is 6.64. The Kier molecular flexibility index (Phi) is 4.63. The van der Waals surface area contributed by atoms with Crippen LogP contribution in [0, 0.1) is 0 Å². The molecule has 2 fully saturated rings. The monoisotopic (exact) mass is 310 g/mol. The third kappa shape index (κ3) is 3.48. The number of carbonyl (C=O) groups is 1. The van der Waals surface area contributed by atoms with Crippen LogP contribution in [0.5, 0.6) is 0 Å². The number of rotatable bonds is 1. The number of halogens is 1. The zero-order chi connectivity index (χ0) is 14.7. The lowest BCUT2D eigenvalue weighted by Gasteiger charge is -2.37. The van der Waals surface area contributed by atoms with Crippen LogP contribution in [-0.4, -0.2) is 61.8 Å². The fraction of sp³-hybridized carbons (Fsp3) is 0.533. The maximum Gasteiger partial charge on any atom is 0.320 e. The maximum atomic E-state index is 12.5. The molecule has 2 saturated heterocycles. The van der Waals surface area contributed by atoms with Crippen molar-refractivity contribution in [1.82, 2.24) is 9.80 Å². The van der Waals surface area contributed by atoms with Gasteiger partial charge in [-0.1, -0.05) is 23.7 Å². The summed E-state index contributed by atoms with van der Waals surface area (Å²) in [7, 11) is 0. The van der Waals surface area contributed by atoms with E-state index < -0.39 is 0 Å². The van der Waals surface area contributed by atoms with Crippen LogP contribution >= 0.6 is 11.6 Å². The maximum absolute atomic E-state index is 12.5. The molecule has 1 unspecified atom stereocenters. The molecule has 2 aliphatic heterocycles. The Labute approximate surface area is 129 Å². The number of urea groups is 1. The summed E-state index contributed by atoms with van der Waals surface area (Å²) < 4.78 is 11.1. The average molecular weight is 311 g/mol. The summed E-state index contributed by atoms with van der Waals surface area (Å²) in [5, 5.41) is 0.704. The van der Waals surface area contributed by atoms with Crippen LogP contribution in [0.1, 0.15) is 11.7 Å². The topological polar surface area (TPSA) is 42.0 Å². The Bertz CT molecular complexity index is 488. The van der Waals surface area contributed by atoms with Gasteiger partial charge >= 0.3 is 6.03 Å². The number of morpholine rings is 2. The summed E-state index contributed by atoms with van der Waals surface area (Å²) in [5.74, 6) is 0. The van der Waals surface area contributed by atoms with Gasteiger partial charge in [-0.15, -0.1) is 0 Å². The molecular formula is C15H19ClN2O3. The minimum absolute atomic E-state index is 0.0824. The van der Waals surface area contributed by atoms with Crippen LogP contribution in [-0.2, 0) is 9.47 Å². The number of hydrogen-bond acceptors (Lipinski definition) is 3. The van der Waals surface area contributed by atoms with Crippen molar-refractivity contribution in [2.24, 2.45) is 0 Å². The van der Waals surface area contributed by atoms with E-state index in [1.165, 1.54) is 0 Å². The Morgan fingerprint density at radius 3 is 2.43 bits per heavy atom. The molecule has 3 rings (SSSR count). The van der Waals surface area contributed by atoms with Crippen LogP contribution in [0.2, 0.25) is 5.02 Å². The predicted octanol–water partition coefficient (Wildman–Crippen LogP) is 2.17. The molecule has 0 radical (unpaired) electrons. The van der Waals surface area contributed by atoms with Crippen molar-refractivity contribution in [1.29, 1.82) is 0 Å². The second-order valence-corrected chi connectivity index (χ2v) is 5.68. The summed E-state index contributed by atoms with van der Waals surface area (Å²) in [6, 6.07) is 7.69. The molecule has 0 bridgehead atoms. The summed E-state index contributed by atoms with van der Waals surface area (Å²) >= 11 is 5.91. The molecule has 0 aromatic heterocycles. The van der Waals surface area contributed by atoms with Gasteiger partial charge in [0.15, 0.2) is 0 Å². The lowest BCUT2D eigenvalue weighted by Crippen LogP contribution is -2.51. The molecule has 1 aromatic rings. The molecule has 0 spiro atoms. The third-order valence-corrected chi connectivity index (χ3v) is 4.11. The zero-order valence-electron chi connectivity index (χ0n) is 11.8. The largest absolute Gasteiger partial charge is 0.378 e. The quantitative estimate of drug-likeness (QED) is 0.798. The van der Waals surface area contributed by atoms with Crippen LogP contribution in [0.15, 0.2) is 24.3 Å². The van der Waals surface area contributed by atoms with Gasteiger partial charge in [-0.3, -0.25) is 0 Å². The van der Waals surface area contributed by atoms with E-state index in [0.29, 0.717) is 51.0 Å². The Balaban J connectivity index is 1.64. The highest BCUT2D eigenvalue weighted by Gasteiger charge is 2.29. The molecule has 2 amide bonds. The lowest BCUT2D eigenvalue weighted by atomic mass is 10.1. The van der Waals surface area contributed by atoms with Crippen LogP contribution < -0.4 is 0 Å². The SMILES string of the molecule is O=C(N1CCOCC1)N1CCOC(c2ccc(Cl)cc2)C1. The fourth-order valence-electron chi connectivity index (χ4n) is 2.66. The third-order valence-electron chi connectivity index (χ3n) is 3.86. The van der Waals surface area contributed by atoms with E-state index in [2.05, 4.69) is 0 Å². The molecule has 0 saturated carbocycles. The molecule has 1 aromatic carbocycles. The number of nitrogens with zero attached hydrogens (tertiary/aromatic N) is 2. The molecule has 5 nitrogen and oxygen atoms in total. The molecule has 114 valence electrons. The minimum atomic E-state index is -0.0824. The second-order valence-electron chi connectivity index (χ2n) is 5.24. The van der Waals surface area contributed by atoms with Crippen molar-refractivity contribution >= 4 is 17.6 Å². The van der Waals surface area contributed by atoms with Crippen LogP contribution in [0.4, 0.5) is 4.79 Å². The Morgan fingerprint density at radius 2 is 1.71 bits per heavy atom. The molecule has 2 heterocycles. The number of ether oxygens (including phenoxy) is 2. The molecule has 2 aliphatic rings. The van der Waals surface area contributed by atoms with Crippen molar-refractivity contribution in [3.8, 4) is 0 Å². The summed E-state index contributed by atoms with van der Waals surface area (Å²) in [6.07, 6.45) is -0.0824. The van der Waals surface area contributed by atoms with Gasteiger partial charge in [-0.2, -0.15) is 0 Å². The van der Waals surface area contributed by atoms with Gasteiger partial charge in [0.25, 0.3) is 0 Å². The molecule has 6 heteroatoms. The molecule has 1 atom stereocenters. The van der Waals surface area contributed by atoms with Crippen molar-refractivity contribution in [2.75, 3.05) is 46.0 Å². The normalized spacial score (nSPS) is 23.2. The van der Waals surface area contributed by atoms with E-state index in [1.807, 2.05) is 34.1 Å². The minimum Gasteiger partial charge on any atom is -0.378 e. The van der Waals surface area contributed by atoms with Crippen LogP contribution in [0.25, 0.3) is 0 Å².